The molecule has 0 aliphatic rings. The molecule has 3 heteroatoms. The molecule has 0 fully saturated rings. The van der Waals surface area contributed by atoms with Gasteiger partial charge in [0.25, 0.3) is 0 Å². The second-order valence-electron chi connectivity index (χ2n) is 5.21. The Kier molecular flexibility index (Phi) is 4.50. The Labute approximate surface area is 136 Å². The van der Waals surface area contributed by atoms with Gasteiger partial charge in [0.1, 0.15) is 0 Å². The zero-order valence-electron chi connectivity index (χ0n) is 12.9. The Morgan fingerprint density at radius 3 is 2.00 bits per heavy atom. The Morgan fingerprint density at radius 2 is 1.35 bits per heavy atom. The molecule has 0 saturated carbocycles. The highest BCUT2D eigenvalue weighted by Gasteiger charge is 2.10. The third-order valence-corrected chi connectivity index (χ3v) is 3.55. The van der Waals surface area contributed by atoms with Crippen molar-refractivity contribution in [1.82, 2.24) is 5.06 Å². The highest BCUT2D eigenvalue weighted by molar-refractivity contribution is 6.00. The van der Waals surface area contributed by atoms with Crippen LogP contribution < -0.4 is 0 Å². The molecule has 0 spiro atoms. The van der Waals surface area contributed by atoms with E-state index >= 15 is 0 Å². The van der Waals surface area contributed by atoms with E-state index in [4.69, 9.17) is 4.99 Å². The van der Waals surface area contributed by atoms with Crippen molar-refractivity contribution in [3.63, 3.8) is 0 Å². The third-order valence-electron chi connectivity index (χ3n) is 3.55. The quantitative estimate of drug-likeness (QED) is 0.430. The molecule has 3 rings (SSSR count). The molecule has 1 N–H and O–H groups in total. The number of para-hydroxylation sites is 1. The third kappa shape index (κ3) is 3.47. The lowest BCUT2D eigenvalue weighted by atomic mass is 10.0. The van der Waals surface area contributed by atoms with Gasteiger partial charge >= 0.3 is 0 Å². The van der Waals surface area contributed by atoms with E-state index in [9.17, 15) is 5.21 Å². The molecule has 0 saturated heterocycles. The summed E-state index contributed by atoms with van der Waals surface area (Å²) in [6.07, 6.45) is 0. The average molecular weight is 302 g/mol. The summed E-state index contributed by atoms with van der Waals surface area (Å²) in [5, 5.41) is 11.0. The second-order valence-corrected chi connectivity index (χ2v) is 5.21. The number of rotatable bonds is 3. The first-order valence-corrected chi connectivity index (χ1v) is 7.47. The van der Waals surface area contributed by atoms with E-state index in [1.807, 2.05) is 72.8 Å². The minimum Gasteiger partial charge on any atom is -0.287 e. The zero-order chi connectivity index (χ0) is 16.1. The maximum Gasteiger partial charge on any atom is 0.159 e. The normalized spacial score (nSPS) is 11.3. The van der Waals surface area contributed by atoms with Gasteiger partial charge in [0.05, 0.1) is 5.69 Å². The first kappa shape index (κ1) is 15.0. The second kappa shape index (κ2) is 6.90. The van der Waals surface area contributed by atoms with E-state index in [1.165, 1.54) is 0 Å². The van der Waals surface area contributed by atoms with Gasteiger partial charge in [-0.05, 0) is 11.6 Å². The molecular formula is C20H18N2O. The predicted molar refractivity (Wildman–Crippen MR) is 94.1 cm³/mol. The Bertz CT molecular complexity index is 796. The molecule has 0 aliphatic heterocycles. The molecule has 0 aliphatic carbocycles. The van der Waals surface area contributed by atoms with Crippen molar-refractivity contribution in [2.24, 2.45) is 4.99 Å². The minimum absolute atomic E-state index is 0.508. The number of hydroxylamine groups is 2. The van der Waals surface area contributed by atoms with Crippen LogP contribution in [0.5, 0.6) is 0 Å². The maximum atomic E-state index is 9.99. The molecular weight excluding hydrogens is 284 g/mol. The molecule has 23 heavy (non-hydrogen) atoms. The Morgan fingerprint density at radius 1 is 0.783 bits per heavy atom. The first-order chi connectivity index (χ1) is 11.3. The lowest BCUT2D eigenvalue weighted by Gasteiger charge is -2.15. The molecule has 0 atom stereocenters. The maximum absolute atomic E-state index is 9.99. The van der Waals surface area contributed by atoms with E-state index < -0.39 is 0 Å². The van der Waals surface area contributed by atoms with Gasteiger partial charge in [0.2, 0.25) is 0 Å². The Hall–Kier alpha value is -2.91. The summed E-state index contributed by atoms with van der Waals surface area (Å²) < 4.78 is 0. The van der Waals surface area contributed by atoms with Crippen molar-refractivity contribution in [3.8, 4) is 11.1 Å². The molecule has 3 aromatic rings. The van der Waals surface area contributed by atoms with Crippen LogP contribution in [0.25, 0.3) is 11.1 Å². The molecule has 114 valence electrons. The summed E-state index contributed by atoms with van der Waals surface area (Å²) in [7, 11) is 1.58. The van der Waals surface area contributed by atoms with Crippen LogP contribution in [0, 0.1) is 0 Å². The fourth-order valence-corrected chi connectivity index (χ4v) is 2.46. The molecule has 0 unspecified atom stereocenters. The molecule has 0 radical (unpaired) electrons. The molecule has 3 aromatic carbocycles. The van der Waals surface area contributed by atoms with E-state index in [-0.39, 0.29) is 0 Å². The van der Waals surface area contributed by atoms with Crippen LogP contribution in [-0.2, 0) is 0 Å². The highest BCUT2D eigenvalue weighted by atomic mass is 16.5. The topological polar surface area (TPSA) is 35.8 Å². The van der Waals surface area contributed by atoms with Crippen LogP contribution in [-0.4, -0.2) is 23.2 Å². The Balaban J connectivity index is 2.11. The van der Waals surface area contributed by atoms with Crippen LogP contribution in [0.2, 0.25) is 0 Å². The van der Waals surface area contributed by atoms with Crippen molar-refractivity contribution in [3.05, 3.63) is 90.5 Å². The van der Waals surface area contributed by atoms with E-state index in [0.717, 1.165) is 27.4 Å². The predicted octanol–water partition coefficient (Wildman–Crippen LogP) is 4.75. The van der Waals surface area contributed by atoms with Gasteiger partial charge in [-0.3, -0.25) is 5.21 Å². The molecule has 0 amide bonds. The number of nitrogens with zero attached hydrogens (tertiary/aromatic N) is 2. The van der Waals surface area contributed by atoms with Crippen molar-refractivity contribution < 1.29 is 5.21 Å². The molecule has 0 aromatic heterocycles. The van der Waals surface area contributed by atoms with Gasteiger partial charge in [0, 0.05) is 18.2 Å². The molecule has 3 nitrogen and oxygen atoms in total. The summed E-state index contributed by atoms with van der Waals surface area (Å²) in [5.74, 6) is 0.508. The van der Waals surface area contributed by atoms with Crippen molar-refractivity contribution in [2.75, 3.05) is 7.05 Å². The van der Waals surface area contributed by atoms with Crippen LogP contribution in [0.3, 0.4) is 0 Å². The van der Waals surface area contributed by atoms with Crippen molar-refractivity contribution >= 4 is 11.5 Å². The lowest BCUT2D eigenvalue weighted by Crippen LogP contribution is -2.23. The van der Waals surface area contributed by atoms with Gasteiger partial charge in [-0.1, -0.05) is 78.9 Å². The van der Waals surface area contributed by atoms with Crippen molar-refractivity contribution in [1.29, 1.82) is 0 Å². The summed E-state index contributed by atoms with van der Waals surface area (Å²) in [5.41, 5.74) is 3.81. The summed E-state index contributed by atoms with van der Waals surface area (Å²) in [4.78, 5) is 4.70. The average Bonchev–Trinajstić information content (AvgIpc) is 2.61. The fraction of sp³-hybridized carbons (Fsp3) is 0.0500. The van der Waals surface area contributed by atoms with Crippen LogP contribution in [0.15, 0.2) is 89.9 Å². The van der Waals surface area contributed by atoms with Crippen LogP contribution >= 0.6 is 0 Å². The number of amidine groups is 1. The van der Waals surface area contributed by atoms with Gasteiger partial charge in [0.15, 0.2) is 5.84 Å². The van der Waals surface area contributed by atoms with Gasteiger partial charge in [-0.2, -0.15) is 0 Å². The standard InChI is InChI=1S/C20H18N2O/c1-22(23)20(17-12-6-3-7-13-17)21-19-15-9-8-14-18(19)16-10-4-2-5-11-16/h2-15,23H,1H3. The number of hydrogen-bond donors (Lipinski definition) is 1. The summed E-state index contributed by atoms with van der Waals surface area (Å²) >= 11 is 0. The van der Waals surface area contributed by atoms with E-state index in [2.05, 4.69) is 12.1 Å². The number of aliphatic imine (C=N–C) groups is 1. The van der Waals surface area contributed by atoms with E-state index in [0.29, 0.717) is 5.84 Å². The van der Waals surface area contributed by atoms with Crippen LogP contribution in [0.1, 0.15) is 5.56 Å². The fourth-order valence-electron chi connectivity index (χ4n) is 2.46. The van der Waals surface area contributed by atoms with Gasteiger partial charge < -0.3 is 0 Å². The summed E-state index contributed by atoms with van der Waals surface area (Å²) in [6.45, 7) is 0. The minimum atomic E-state index is 0.508. The zero-order valence-corrected chi connectivity index (χ0v) is 12.9. The largest absolute Gasteiger partial charge is 0.287 e. The highest BCUT2D eigenvalue weighted by Crippen LogP contribution is 2.30. The van der Waals surface area contributed by atoms with E-state index in [1.54, 1.807) is 7.05 Å². The monoisotopic (exact) mass is 302 g/mol. The SMILES string of the molecule is CN(O)C(=Nc1ccccc1-c1ccccc1)c1ccccc1. The van der Waals surface area contributed by atoms with Crippen LogP contribution in [0.4, 0.5) is 5.69 Å². The molecule has 0 bridgehead atoms. The molecule has 0 heterocycles. The first-order valence-electron chi connectivity index (χ1n) is 7.47. The lowest BCUT2D eigenvalue weighted by molar-refractivity contribution is 0.0144. The number of hydrogen-bond acceptors (Lipinski definition) is 2. The van der Waals surface area contributed by atoms with Gasteiger partial charge in [-0.25, -0.2) is 10.1 Å². The van der Waals surface area contributed by atoms with Gasteiger partial charge in [-0.15, -0.1) is 0 Å². The number of benzene rings is 3. The van der Waals surface area contributed by atoms with Crippen molar-refractivity contribution in [2.45, 2.75) is 0 Å². The summed E-state index contributed by atoms with van der Waals surface area (Å²) in [6, 6.07) is 27.7. The smallest absolute Gasteiger partial charge is 0.159 e.